The summed E-state index contributed by atoms with van der Waals surface area (Å²) in [4.78, 5) is 27.3. The highest BCUT2D eigenvalue weighted by Crippen LogP contribution is 2.28. The fourth-order valence-electron chi connectivity index (χ4n) is 3.96. The first kappa shape index (κ1) is 22.1. The maximum atomic E-state index is 13.0. The van der Waals surface area contributed by atoms with Gasteiger partial charge in [-0.25, -0.2) is 0 Å². The van der Waals surface area contributed by atoms with Gasteiger partial charge in [0.25, 0.3) is 5.91 Å². The molecule has 166 valence electrons. The molecule has 0 saturated heterocycles. The van der Waals surface area contributed by atoms with Crippen LogP contribution in [-0.2, 0) is 17.8 Å². The summed E-state index contributed by atoms with van der Waals surface area (Å²) in [6, 6.07) is 16.9. The number of thioether (sulfide) groups is 1. The van der Waals surface area contributed by atoms with E-state index in [2.05, 4.69) is 21.6 Å². The number of hydrogen-bond acceptors (Lipinski definition) is 5. The third-order valence-electron chi connectivity index (χ3n) is 5.57. The molecular weight excluding hydrogens is 422 g/mol. The van der Waals surface area contributed by atoms with E-state index in [0.717, 1.165) is 25.1 Å². The lowest BCUT2D eigenvalue weighted by molar-refractivity contribution is -0.116. The first-order valence-corrected chi connectivity index (χ1v) is 11.9. The van der Waals surface area contributed by atoms with E-state index in [4.69, 9.17) is 0 Å². The lowest BCUT2D eigenvalue weighted by atomic mass is 10.0. The normalized spacial score (nSPS) is 14.0. The Balaban J connectivity index is 1.42. The van der Waals surface area contributed by atoms with Gasteiger partial charge in [0.1, 0.15) is 0 Å². The van der Waals surface area contributed by atoms with Gasteiger partial charge in [0.2, 0.25) is 5.91 Å². The molecule has 3 aromatic rings. The van der Waals surface area contributed by atoms with Crippen LogP contribution in [0, 0.1) is 0 Å². The predicted octanol–water partition coefficient (Wildman–Crippen LogP) is 3.86. The van der Waals surface area contributed by atoms with E-state index in [1.807, 2.05) is 59.7 Å². The molecule has 0 fully saturated rings. The number of rotatable bonds is 7. The molecular formula is C24H27N5O2S. The van der Waals surface area contributed by atoms with Gasteiger partial charge in [-0.3, -0.25) is 9.59 Å². The number of carbonyl (C=O) groups is 2. The van der Waals surface area contributed by atoms with Crippen molar-refractivity contribution in [2.24, 2.45) is 0 Å². The molecule has 0 radical (unpaired) electrons. The summed E-state index contributed by atoms with van der Waals surface area (Å²) in [7, 11) is 0. The molecule has 0 aliphatic carbocycles. The van der Waals surface area contributed by atoms with E-state index < -0.39 is 0 Å². The Kier molecular flexibility index (Phi) is 6.90. The molecule has 1 aliphatic rings. The van der Waals surface area contributed by atoms with Gasteiger partial charge < -0.3 is 14.8 Å². The summed E-state index contributed by atoms with van der Waals surface area (Å²) in [6.07, 6.45) is 1.98. The monoisotopic (exact) mass is 449 g/mol. The lowest BCUT2D eigenvalue weighted by Gasteiger charge is -2.29. The SMILES string of the molecule is CCn1c(SCC(=O)N2CCCc3ccccc32)nnc1[C@@H](C)NC(=O)c1ccccc1. The molecule has 8 heteroatoms. The molecule has 2 amide bonds. The van der Waals surface area contributed by atoms with Gasteiger partial charge in [0, 0.05) is 24.3 Å². The fraction of sp³-hybridized carbons (Fsp3) is 0.333. The average Bonchev–Trinajstić information content (AvgIpc) is 3.25. The first-order valence-electron chi connectivity index (χ1n) is 10.9. The molecule has 1 aromatic heterocycles. The molecule has 0 saturated carbocycles. The molecule has 7 nitrogen and oxygen atoms in total. The largest absolute Gasteiger partial charge is 0.342 e. The van der Waals surface area contributed by atoms with Gasteiger partial charge in [0.05, 0.1) is 11.8 Å². The molecule has 2 heterocycles. The second-order valence-corrected chi connectivity index (χ2v) is 8.66. The van der Waals surface area contributed by atoms with Crippen molar-refractivity contribution in [3.8, 4) is 0 Å². The van der Waals surface area contributed by atoms with Crippen molar-refractivity contribution in [2.75, 3.05) is 17.2 Å². The number of para-hydroxylation sites is 1. The van der Waals surface area contributed by atoms with Crippen LogP contribution in [0.1, 0.15) is 48.1 Å². The number of aromatic nitrogens is 3. The van der Waals surface area contributed by atoms with Crippen LogP contribution in [-0.4, -0.2) is 38.9 Å². The number of benzene rings is 2. The summed E-state index contributed by atoms with van der Waals surface area (Å²) in [5, 5.41) is 12.3. The van der Waals surface area contributed by atoms with Crippen LogP contribution in [0.2, 0.25) is 0 Å². The summed E-state index contributed by atoms with van der Waals surface area (Å²) >= 11 is 1.39. The smallest absolute Gasteiger partial charge is 0.251 e. The molecule has 1 N–H and O–H groups in total. The third kappa shape index (κ3) is 4.70. The summed E-state index contributed by atoms with van der Waals surface area (Å²) in [5.74, 6) is 0.878. The highest BCUT2D eigenvalue weighted by atomic mass is 32.2. The summed E-state index contributed by atoms with van der Waals surface area (Å²) in [6.45, 7) is 5.29. The van der Waals surface area contributed by atoms with Crippen LogP contribution >= 0.6 is 11.8 Å². The zero-order chi connectivity index (χ0) is 22.5. The van der Waals surface area contributed by atoms with Gasteiger partial charge in [-0.2, -0.15) is 0 Å². The van der Waals surface area contributed by atoms with Crippen LogP contribution in [0.3, 0.4) is 0 Å². The number of anilines is 1. The minimum atomic E-state index is -0.311. The Bertz CT molecular complexity index is 1100. The average molecular weight is 450 g/mol. The number of carbonyl (C=O) groups excluding carboxylic acids is 2. The lowest BCUT2D eigenvalue weighted by Crippen LogP contribution is -2.36. The summed E-state index contributed by atoms with van der Waals surface area (Å²) < 4.78 is 1.96. The minimum absolute atomic E-state index is 0.0692. The number of hydrogen-bond donors (Lipinski definition) is 1. The Labute approximate surface area is 192 Å². The van der Waals surface area contributed by atoms with Crippen molar-refractivity contribution < 1.29 is 9.59 Å². The van der Waals surface area contributed by atoms with E-state index in [-0.39, 0.29) is 23.6 Å². The highest BCUT2D eigenvalue weighted by molar-refractivity contribution is 7.99. The van der Waals surface area contributed by atoms with Gasteiger partial charge in [-0.15, -0.1) is 10.2 Å². The van der Waals surface area contributed by atoms with E-state index in [9.17, 15) is 9.59 Å². The van der Waals surface area contributed by atoms with Crippen molar-refractivity contribution in [3.05, 3.63) is 71.5 Å². The van der Waals surface area contributed by atoms with E-state index in [1.165, 1.54) is 17.3 Å². The molecule has 0 unspecified atom stereocenters. The molecule has 1 aliphatic heterocycles. The number of nitrogens with one attached hydrogen (secondary N) is 1. The van der Waals surface area contributed by atoms with Crippen molar-refractivity contribution >= 4 is 29.3 Å². The Hall–Kier alpha value is -3.13. The Morgan fingerprint density at radius 2 is 1.84 bits per heavy atom. The van der Waals surface area contributed by atoms with Gasteiger partial charge in [-0.1, -0.05) is 48.2 Å². The Morgan fingerprint density at radius 1 is 1.09 bits per heavy atom. The van der Waals surface area contributed by atoms with Crippen LogP contribution < -0.4 is 10.2 Å². The molecule has 2 aromatic carbocycles. The van der Waals surface area contributed by atoms with Crippen molar-refractivity contribution in [1.82, 2.24) is 20.1 Å². The first-order chi connectivity index (χ1) is 15.6. The predicted molar refractivity (Wildman–Crippen MR) is 126 cm³/mol. The van der Waals surface area contributed by atoms with Crippen molar-refractivity contribution in [2.45, 2.75) is 44.4 Å². The van der Waals surface area contributed by atoms with Crippen molar-refractivity contribution in [3.63, 3.8) is 0 Å². The van der Waals surface area contributed by atoms with E-state index in [1.54, 1.807) is 12.1 Å². The number of fused-ring (bicyclic) bond motifs is 1. The van der Waals surface area contributed by atoms with E-state index >= 15 is 0 Å². The summed E-state index contributed by atoms with van der Waals surface area (Å²) in [5.41, 5.74) is 2.84. The maximum absolute atomic E-state index is 13.0. The number of nitrogens with zero attached hydrogens (tertiary/aromatic N) is 4. The van der Waals surface area contributed by atoms with Crippen molar-refractivity contribution in [1.29, 1.82) is 0 Å². The molecule has 32 heavy (non-hydrogen) atoms. The number of aryl methyl sites for hydroxylation is 1. The minimum Gasteiger partial charge on any atom is -0.342 e. The zero-order valence-corrected chi connectivity index (χ0v) is 19.1. The quantitative estimate of drug-likeness (QED) is 0.554. The van der Waals surface area contributed by atoms with Crippen LogP contribution in [0.25, 0.3) is 0 Å². The second kappa shape index (κ2) is 9.99. The zero-order valence-electron chi connectivity index (χ0n) is 18.3. The third-order valence-corrected chi connectivity index (χ3v) is 6.52. The fourth-order valence-corrected chi connectivity index (χ4v) is 4.84. The molecule has 0 spiro atoms. The second-order valence-electron chi connectivity index (χ2n) is 7.71. The van der Waals surface area contributed by atoms with Crippen LogP contribution in [0.15, 0.2) is 59.8 Å². The standard InChI is InChI=1S/C24H27N5O2S/c1-3-28-22(17(2)25-23(31)19-11-5-4-6-12-19)26-27-24(28)32-16-21(30)29-15-9-13-18-10-7-8-14-20(18)29/h4-8,10-12,14,17H,3,9,13,15-16H2,1-2H3,(H,25,31)/t17-/m1/s1. The van der Waals surface area contributed by atoms with Gasteiger partial charge in [0.15, 0.2) is 11.0 Å². The molecule has 4 rings (SSSR count). The van der Waals surface area contributed by atoms with Crippen LogP contribution in [0.5, 0.6) is 0 Å². The molecule has 0 bridgehead atoms. The van der Waals surface area contributed by atoms with Gasteiger partial charge in [-0.05, 0) is 50.5 Å². The maximum Gasteiger partial charge on any atom is 0.251 e. The topological polar surface area (TPSA) is 80.1 Å². The van der Waals surface area contributed by atoms with E-state index in [0.29, 0.717) is 23.1 Å². The highest BCUT2D eigenvalue weighted by Gasteiger charge is 2.24. The van der Waals surface area contributed by atoms with Gasteiger partial charge >= 0.3 is 0 Å². The van der Waals surface area contributed by atoms with Crippen LogP contribution in [0.4, 0.5) is 5.69 Å². The Morgan fingerprint density at radius 3 is 2.62 bits per heavy atom. The molecule has 1 atom stereocenters. The number of amides is 2.